The third kappa shape index (κ3) is 2.80. The fourth-order valence-corrected chi connectivity index (χ4v) is 2.25. The summed E-state index contributed by atoms with van der Waals surface area (Å²) in [5, 5.41) is 0.880. The molecule has 0 spiro atoms. The monoisotopic (exact) mass is 277 g/mol. The standard InChI is InChI=1S/C9H12BrNO2S/c1-11-14(12,13)9-4-2-8(3-5-9)6-7-10/h2-5,11H,6-7H2,1H3. The second-order valence-corrected chi connectivity index (χ2v) is 5.47. The zero-order valence-corrected chi connectivity index (χ0v) is 10.2. The van der Waals surface area contributed by atoms with Gasteiger partial charge < -0.3 is 0 Å². The molecule has 1 rings (SSSR count). The molecule has 1 N–H and O–H groups in total. The number of halogens is 1. The fraction of sp³-hybridized carbons (Fsp3) is 0.333. The zero-order valence-electron chi connectivity index (χ0n) is 7.83. The topological polar surface area (TPSA) is 46.2 Å². The molecule has 0 radical (unpaired) electrons. The van der Waals surface area contributed by atoms with Crippen LogP contribution in [-0.4, -0.2) is 20.8 Å². The highest BCUT2D eigenvalue weighted by molar-refractivity contribution is 9.09. The Bertz CT molecular complexity index is 386. The molecule has 0 unspecified atom stereocenters. The maximum absolute atomic E-state index is 11.3. The number of sulfonamides is 1. The van der Waals surface area contributed by atoms with E-state index in [1.54, 1.807) is 12.1 Å². The van der Waals surface area contributed by atoms with Gasteiger partial charge in [-0.05, 0) is 31.2 Å². The summed E-state index contributed by atoms with van der Waals surface area (Å²) in [5.41, 5.74) is 1.12. The van der Waals surface area contributed by atoms with Crippen molar-refractivity contribution in [3.8, 4) is 0 Å². The Kier molecular flexibility index (Phi) is 4.10. The summed E-state index contributed by atoms with van der Waals surface area (Å²) in [4.78, 5) is 0.304. The Morgan fingerprint density at radius 3 is 2.29 bits per heavy atom. The minimum absolute atomic E-state index is 0.304. The van der Waals surface area contributed by atoms with E-state index in [2.05, 4.69) is 20.7 Å². The van der Waals surface area contributed by atoms with Gasteiger partial charge in [0.15, 0.2) is 0 Å². The maximum Gasteiger partial charge on any atom is 0.240 e. The van der Waals surface area contributed by atoms with Crippen LogP contribution in [-0.2, 0) is 16.4 Å². The van der Waals surface area contributed by atoms with Gasteiger partial charge in [0, 0.05) is 5.33 Å². The molecular formula is C9H12BrNO2S. The largest absolute Gasteiger partial charge is 0.240 e. The Labute approximate surface area is 92.7 Å². The third-order valence-electron chi connectivity index (χ3n) is 1.89. The van der Waals surface area contributed by atoms with E-state index >= 15 is 0 Å². The van der Waals surface area contributed by atoms with Crippen molar-refractivity contribution in [1.29, 1.82) is 0 Å². The Morgan fingerprint density at radius 1 is 1.29 bits per heavy atom. The fourth-order valence-electron chi connectivity index (χ4n) is 1.06. The van der Waals surface area contributed by atoms with Crippen molar-refractivity contribution in [1.82, 2.24) is 4.72 Å². The van der Waals surface area contributed by atoms with Crippen LogP contribution in [0.5, 0.6) is 0 Å². The number of hydrogen-bond donors (Lipinski definition) is 1. The quantitative estimate of drug-likeness (QED) is 0.849. The van der Waals surface area contributed by atoms with Crippen molar-refractivity contribution in [2.45, 2.75) is 11.3 Å². The second-order valence-electron chi connectivity index (χ2n) is 2.79. The molecule has 3 nitrogen and oxygen atoms in total. The van der Waals surface area contributed by atoms with Crippen molar-refractivity contribution >= 4 is 26.0 Å². The van der Waals surface area contributed by atoms with Gasteiger partial charge in [-0.3, -0.25) is 0 Å². The number of alkyl halides is 1. The third-order valence-corrected chi connectivity index (χ3v) is 3.71. The second kappa shape index (κ2) is 4.91. The lowest BCUT2D eigenvalue weighted by molar-refractivity contribution is 0.588. The highest BCUT2D eigenvalue weighted by Gasteiger charge is 2.09. The normalized spacial score (nSPS) is 11.6. The summed E-state index contributed by atoms with van der Waals surface area (Å²) < 4.78 is 25.0. The summed E-state index contributed by atoms with van der Waals surface area (Å²) in [7, 11) is -1.89. The van der Waals surface area contributed by atoms with Crippen molar-refractivity contribution in [3.63, 3.8) is 0 Å². The molecular weight excluding hydrogens is 266 g/mol. The maximum atomic E-state index is 11.3. The molecule has 0 fully saturated rings. The van der Waals surface area contributed by atoms with E-state index in [1.807, 2.05) is 12.1 Å². The smallest absolute Gasteiger partial charge is 0.214 e. The lowest BCUT2D eigenvalue weighted by Gasteiger charge is -2.03. The van der Waals surface area contributed by atoms with Gasteiger partial charge >= 0.3 is 0 Å². The summed E-state index contributed by atoms with van der Waals surface area (Å²) in [6.45, 7) is 0. The first-order valence-corrected chi connectivity index (χ1v) is 6.79. The van der Waals surface area contributed by atoms with Gasteiger partial charge in [-0.15, -0.1) is 0 Å². The lowest BCUT2D eigenvalue weighted by atomic mass is 10.2. The van der Waals surface area contributed by atoms with Crippen LogP contribution in [0.25, 0.3) is 0 Å². The first kappa shape index (κ1) is 11.7. The van der Waals surface area contributed by atoms with Crippen LogP contribution < -0.4 is 4.72 Å². The number of rotatable bonds is 4. The van der Waals surface area contributed by atoms with Gasteiger partial charge in [-0.1, -0.05) is 28.1 Å². The molecule has 5 heteroatoms. The van der Waals surface area contributed by atoms with E-state index in [0.29, 0.717) is 4.90 Å². The minimum atomic E-state index is -3.29. The Morgan fingerprint density at radius 2 is 1.86 bits per heavy atom. The molecule has 0 saturated carbocycles. The van der Waals surface area contributed by atoms with Crippen LogP contribution in [0.2, 0.25) is 0 Å². The molecule has 0 amide bonds. The number of aryl methyl sites for hydroxylation is 1. The zero-order chi connectivity index (χ0) is 10.6. The summed E-state index contributed by atoms with van der Waals surface area (Å²) in [6, 6.07) is 6.88. The summed E-state index contributed by atoms with van der Waals surface area (Å²) >= 11 is 3.33. The average molecular weight is 278 g/mol. The van der Waals surface area contributed by atoms with Gasteiger partial charge in [-0.2, -0.15) is 0 Å². The van der Waals surface area contributed by atoms with Crippen LogP contribution in [0.1, 0.15) is 5.56 Å². The van der Waals surface area contributed by atoms with Gasteiger partial charge in [0.25, 0.3) is 0 Å². The summed E-state index contributed by atoms with van der Waals surface area (Å²) in [5.74, 6) is 0. The van der Waals surface area contributed by atoms with E-state index in [0.717, 1.165) is 17.3 Å². The van der Waals surface area contributed by atoms with Gasteiger partial charge in [-0.25, -0.2) is 13.1 Å². The van der Waals surface area contributed by atoms with Crippen molar-refractivity contribution in [3.05, 3.63) is 29.8 Å². The molecule has 0 heterocycles. The highest BCUT2D eigenvalue weighted by Crippen LogP contribution is 2.10. The van der Waals surface area contributed by atoms with E-state index < -0.39 is 10.0 Å². The highest BCUT2D eigenvalue weighted by atomic mass is 79.9. The van der Waals surface area contributed by atoms with E-state index in [9.17, 15) is 8.42 Å². The first-order valence-electron chi connectivity index (χ1n) is 4.18. The molecule has 0 aromatic heterocycles. The molecule has 0 aliphatic carbocycles. The molecule has 0 bridgehead atoms. The molecule has 1 aromatic carbocycles. The van der Waals surface area contributed by atoms with E-state index in [4.69, 9.17) is 0 Å². The molecule has 0 aliphatic rings. The van der Waals surface area contributed by atoms with Crippen molar-refractivity contribution in [2.75, 3.05) is 12.4 Å². The van der Waals surface area contributed by atoms with E-state index in [1.165, 1.54) is 7.05 Å². The molecule has 0 atom stereocenters. The van der Waals surface area contributed by atoms with Crippen molar-refractivity contribution < 1.29 is 8.42 Å². The van der Waals surface area contributed by atoms with Gasteiger partial charge in [0.2, 0.25) is 10.0 Å². The lowest BCUT2D eigenvalue weighted by Crippen LogP contribution is -2.18. The Balaban J connectivity index is 2.94. The van der Waals surface area contributed by atoms with Crippen molar-refractivity contribution in [2.24, 2.45) is 0 Å². The average Bonchev–Trinajstić information content (AvgIpc) is 2.19. The first-order chi connectivity index (χ1) is 6.60. The number of benzene rings is 1. The molecule has 0 aliphatic heterocycles. The van der Waals surface area contributed by atoms with Crippen LogP contribution >= 0.6 is 15.9 Å². The van der Waals surface area contributed by atoms with Gasteiger partial charge in [0.05, 0.1) is 4.90 Å². The van der Waals surface area contributed by atoms with Crippen LogP contribution in [0.15, 0.2) is 29.2 Å². The van der Waals surface area contributed by atoms with Gasteiger partial charge in [0.1, 0.15) is 0 Å². The molecule has 1 aromatic rings. The van der Waals surface area contributed by atoms with Crippen LogP contribution in [0, 0.1) is 0 Å². The number of nitrogens with one attached hydrogen (secondary N) is 1. The van der Waals surface area contributed by atoms with E-state index in [-0.39, 0.29) is 0 Å². The SMILES string of the molecule is CNS(=O)(=O)c1ccc(CCBr)cc1. The van der Waals surface area contributed by atoms with Crippen LogP contribution in [0.3, 0.4) is 0 Å². The predicted octanol–water partition coefficient (Wildman–Crippen LogP) is 1.53. The molecule has 0 saturated heterocycles. The minimum Gasteiger partial charge on any atom is -0.214 e. The Hall–Kier alpha value is -0.390. The van der Waals surface area contributed by atoms with Crippen LogP contribution in [0.4, 0.5) is 0 Å². The molecule has 78 valence electrons. The molecule has 14 heavy (non-hydrogen) atoms. The summed E-state index contributed by atoms with van der Waals surface area (Å²) in [6.07, 6.45) is 0.903. The predicted molar refractivity (Wildman–Crippen MR) is 60.2 cm³/mol. The number of hydrogen-bond acceptors (Lipinski definition) is 2.